The molecule has 1 aromatic heterocycles. The molecule has 2 aliphatic rings. The number of carbonyl (C=O) groups is 1. The lowest BCUT2D eigenvalue weighted by molar-refractivity contribution is -0.386. The number of ether oxygens (including phenoxy) is 1. The predicted molar refractivity (Wildman–Crippen MR) is 131 cm³/mol. The van der Waals surface area contributed by atoms with E-state index >= 15 is 0 Å². The molecule has 0 bridgehead atoms. The van der Waals surface area contributed by atoms with E-state index in [2.05, 4.69) is 16.7 Å². The summed E-state index contributed by atoms with van der Waals surface area (Å²) < 4.78 is 5.49. The fourth-order valence-electron chi connectivity index (χ4n) is 4.66. The Morgan fingerprint density at radius 1 is 1.21 bits per heavy atom. The minimum atomic E-state index is -0.642. The number of phenolic OH excluding ortho intramolecular Hbond substituents is 1. The van der Waals surface area contributed by atoms with Gasteiger partial charge in [-0.25, -0.2) is 0 Å². The minimum Gasteiger partial charge on any atom is -0.500 e. The summed E-state index contributed by atoms with van der Waals surface area (Å²) in [7, 11) is 0. The monoisotopic (exact) mass is 477 g/mol. The van der Waals surface area contributed by atoms with Crippen molar-refractivity contribution in [3.05, 3.63) is 86.2 Å². The highest BCUT2D eigenvalue weighted by Gasteiger charge is 2.41. The number of hydrogen-bond donors (Lipinski definition) is 3. The van der Waals surface area contributed by atoms with Crippen LogP contribution in [-0.4, -0.2) is 22.4 Å². The Hall–Kier alpha value is -3.85. The molecule has 0 saturated carbocycles. The molecule has 2 heterocycles. The number of anilines is 2. The van der Waals surface area contributed by atoms with Crippen molar-refractivity contribution in [2.24, 2.45) is 5.92 Å². The maximum Gasteiger partial charge on any atom is 0.315 e. The molecule has 5 rings (SSSR count). The third-order valence-electron chi connectivity index (χ3n) is 6.18. The van der Waals surface area contributed by atoms with Gasteiger partial charge in [-0.05, 0) is 42.1 Å². The number of rotatable bonds is 5. The van der Waals surface area contributed by atoms with E-state index in [9.17, 15) is 20.0 Å². The Bertz CT molecular complexity index is 1290. The number of Topliss-reactive ketones (excluding diaryl/α,β-unsaturated/α-hetero) is 1. The van der Waals surface area contributed by atoms with Gasteiger partial charge in [-0.15, -0.1) is 11.3 Å². The zero-order valence-corrected chi connectivity index (χ0v) is 19.2. The molecule has 3 atom stereocenters. The first kappa shape index (κ1) is 22.0. The van der Waals surface area contributed by atoms with Gasteiger partial charge in [0.15, 0.2) is 5.75 Å². The summed E-state index contributed by atoms with van der Waals surface area (Å²) >= 11 is 1.61. The molecule has 3 aromatic rings. The molecule has 1 aliphatic heterocycles. The first-order valence-electron chi connectivity index (χ1n) is 11.0. The zero-order valence-electron chi connectivity index (χ0n) is 18.4. The van der Waals surface area contributed by atoms with Crippen LogP contribution in [0.3, 0.4) is 0 Å². The molecule has 3 N–H and O–H groups in total. The standard InChI is InChI=1S/C25H23N3O5S/c1-2-33-21-13-15(11-19(25(21)30)28(31)32)24-23-18(26-16-6-3-4-7-17(16)27-24)10-14(12-20(23)29)22-8-5-9-34-22/h3-11,13-14,23-24,26-27,30H,2,12H2,1H3/t14-,23-,24+/m0/s1. The fourth-order valence-corrected chi connectivity index (χ4v) is 5.46. The SMILES string of the molecule is CCOc1cc([C@H]2Nc3ccccc3NC3=C[C@H](c4cccs4)CC(=O)[C@H]32)cc([N+](=O)[O-])c1O. The van der Waals surface area contributed by atoms with Gasteiger partial charge in [-0.1, -0.05) is 24.3 Å². The molecule has 34 heavy (non-hydrogen) atoms. The number of phenols is 1. The van der Waals surface area contributed by atoms with Crippen molar-refractivity contribution in [3.8, 4) is 11.5 Å². The average molecular weight is 478 g/mol. The summed E-state index contributed by atoms with van der Waals surface area (Å²) in [6.45, 7) is 1.96. The predicted octanol–water partition coefficient (Wildman–Crippen LogP) is 5.60. The summed E-state index contributed by atoms with van der Waals surface area (Å²) in [5.41, 5.74) is 2.38. The van der Waals surface area contributed by atoms with E-state index in [1.165, 1.54) is 6.07 Å². The molecule has 0 unspecified atom stereocenters. The van der Waals surface area contributed by atoms with Crippen LogP contribution in [0.2, 0.25) is 0 Å². The molecule has 1 aliphatic carbocycles. The molecule has 9 heteroatoms. The number of thiophene rings is 1. The van der Waals surface area contributed by atoms with Crippen LogP contribution in [0, 0.1) is 16.0 Å². The molecule has 0 amide bonds. The van der Waals surface area contributed by atoms with Crippen LogP contribution in [0.15, 0.2) is 65.7 Å². The molecule has 8 nitrogen and oxygen atoms in total. The van der Waals surface area contributed by atoms with Gasteiger partial charge in [0.05, 0.1) is 34.9 Å². The number of hydrogen-bond acceptors (Lipinski definition) is 8. The first-order chi connectivity index (χ1) is 16.5. The smallest absolute Gasteiger partial charge is 0.315 e. The quantitative estimate of drug-likeness (QED) is 0.324. The molecule has 0 spiro atoms. The van der Waals surface area contributed by atoms with E-state index < -0.39 is 28.3 Å². The second-order valence-electron chi connectivity index (χ2n) is 8.26. The number of allylic oxidation sites excluding steroid dienone is 1. The van der Waals surface area contributed by atoms with Gasteiger partial charge in [0.1, 0.15) is 5.78 Å². The lowest BCUT2D eigenvalue weighted by atomic mass is 9.78. The third kappa shape index (κ3) is 3.88. The van der Waals surface area contributed by atoms with Crippen molar-refractivity contribution in [2.45, 2.75) is 25.3 Å². The number of carbonyl (C=O) groups excluding carboxylic acids is 1. The molecular formula is C25H23N3O5S. The molecule has 174 valence electrons. The van der Waals surface area contributed by atoms with E-state index in [1.54, 1.807) is 24.3 Å². The van der Waals surface area contributed by atoms with Crippen LogP contribution in [-0.2, 0) is 4.79 Å². The highest BCUT2D eigenvalue weighted by atomic mass is 32.1. The Balaban J connectivity index is 1.67. The second-order valence-corrected chi connectivity index (χ2v) is 9.24. The number of para-hydroxylation sites is 2. The number of aromatic hydroxyl groups is 1. The van der Waals surface area contributed by atoms with E-state index in [4.69, 9.17) is 4.74 Å². The van der Waals surface area contributed by atoms with Crippen LogP contribution in [0.4, 0.5) is 17.1 Å². The van der Waals surface area contributed by atoms with Crippen molar-refractivity contribution in [1.29, 1.82) is 0 Å². The number of nitro groups is 1. The number of nitro benzene ring substituents is 1. The number of fused-ring (bicyclic) bond motifs is 2. The molecule has 0 fully saturated rings. The van der Waals surface area contributed by atoms with E-state index in [0.717, 1.165) is 21.9 Å². The number of ketones is 1. The van der Waals surface area contributed by atoms with Gasteiger partial charge in [-0.3, -0.25) is 14.9 Å². The minimum absolute atomic E-state index is 0.0178. The zero-order chi connectivity index (χ0) is 23.8. The number of nitrogens with one attached hydrogen (secondary N) is 2. The van der Waals surface area contributed by atoms with E-state index in [-0.39, 0.29) is 24.1 Å². The Morgan fingerprint density at radius 2 is 2.00 bits per heavy atom. The molecule has 0 saturated heterocycles. The average Bonchev–Trinajstić information content (AvgIpc) is 3.29. The largest absolute Gasteiger partial charge is 0.500 e. The molecule has 2 aromatic carbocycles. The van der Waals surface area contributed by atoms with E-state index in [0.29, 0.717) is 12.0 Å². The van der Waals surface area contributed by atoms with Crippen LogP contribution < -0.4 is 15.4 Å². The highest BCUT2D eigenvalue weighted by molar-refractivity contribution is 7.10. The molecular weight excluding hydrogens is 454 g/mol. The fraction of sp³-hybridized carbons (Fsp3) is 0.240. The highest BCUT2D eigenvalue weighted by Crippen LogP contribution is 2.47. The lowest BCUT2D eigenvalue weighted by Crippen LogP contribution is -2.33. The van der Waals surface area contributed by atoms with Crippen molar-refractivity contribution in [3.63, 3.8) is 0 Å². The molecule has 0 radical (unpaired) electrons. The van der Waals surface area contributed by atoms with Crippen LogP contribution in [0.1, 0.15) is 35.7 Å². The van der Waals surface area contributed by atoms with Gasteiger partial charge < -0.3 is 20.5 Å². The van der Waals surface area contributed by atoms with Crippen molar-refractivity contribution in [2.75, 3.05) is 17.2 Å². The van der Waals surface area contributed by atoms with Crippen LogP contribution >= 0.6 is 11.3 Å². The van der Waals surface area contributed by atoms with Crippen LogP contribution in [0.5, 0.6) is 11.5 Å². The summed E-state index contributed by atoms with van der Waals surface area (Å²) in [5, 5.41) is 30.9. The Kier molecular flexibility index (Phi) is 5.70. The number of benzene rings is 2. The lowest BCUT2D eigenvalue weighted by Gasteiger charge is -2.32. The summed E-state index contributed by atoms with van der Waals surface area (Å²) in [6.07, 6.45) is 2.43. The third-order valence-corrected chi connectivity index (χ3v) is 7.18. The maximum atomic E-state index is 13.6. The topological polar surface area (TPSA) is 114 Å². The van der Waals surface area contributed by atoms with E-state index in [1.807, 2.05) is 41.8 Å². The Morgan fingerprint density at radius 3 is 2.71 bits per heavy atom. The second kappa shape index (κ2) is 8.83. The van der Waals surface area contributed by atoms with Gasteiger partial charge >= 0.3 is 5.69 Å². The first-order valence-corrected chi connectivity index (χ1v) is 11.9. The van der Waals surface area contributed by atoms with Crippen molar-refractivity contribution >= 4 is 34.2 Å². The maximum absolute atomic E-state index is 13.6. The summed E-state index contributed by atoms with van der Waals surface area (Å²) in [6, 6.07) is 13.9. The summed E-state index contributed by atoms with van der Waals surface area (Å²) in [4.78, 5) is 25.7. The Labute approximate surface area is 200 Å². The number of nitrogens with zero attached hydrogens (tertiary/aromatic N) is 1. The van der Waals surface area contributed by atoms with Gasteiger partial charge in [0.25, 0.3) is 0 Å². The van der Waals surface area contributed by atoms with Crippen molar-refractivity contribution in [1.82, 2.24) is 0 Å². The summed E-state index contributed by atoms with van der Waals surface area (Å²) in [5.74, 6) is -1.11. The van der Waals surface area contributed by atoms with Crippen LogP contribution in [0.25, 0.3) is 0 Å². The van der Waals surface area contributed by atoms with Gasteiger partial charge in [0, 0.05) is 29.0 Å². The normalized spacial score (nSPS) is 21.3. The van der Waals surface area contributed by atoms with Gasteiger partial charge in [-0.2, -0.15) is 0 Å². The van der Waals surface area contributed by atoms with Crippen molar-refractivity contribution < 1.29 is 19.6 Å². The van der Waals surface area contributed by atoms with Gasteiger partial charge in [0.2, 0.25) is 5.75 Å².